The first-order valence-electron chi connectivity index (χ1n) is 7.89. The van der Waals surface area contributed by atoms with Crippen LogP contribution in [0, 0.1) is 29.5 Å². The fraction of sp³-hybridized carbons (Fsp3) is 0. The van der Waals surface area contributed by atoms with Gasteiger partial charge in [-0.05, 0) is 48.5 Å². The Morgan fingerprint density at radius 2 is 1.15 bits per heavy atom. The van der Waals surface area contributed by atoms with Gasteiger partial charge in [0.1, 0.15) is 16.9 Å². The van der Waals surface area contributed by atoms with E-state index < -0.39 is 0 Å². The second kappa shape index (κ2) is 7.19. The van der Waals surface area contributed by atoms with Crippen molar-refractivity contribution in [2.75, 3.05) is 0 Å². The van der Waals surface area contributed by atoms with Gasteiger partial charge < -0.3 is 0 Å². The molecule has 0 radical (unpaired) electrons. The average Bonchev–Trinajstić information content (AvgIpc) is 3.17. The van der Waals surface area contributed by atoms with Gasteiger partial charge in [-0.25, -0.2) is 4.39 Å². The zero-order valence-corrected chi connectivity index (χ0v) is 14.3. The standard InChI is InChI=1S/C22H11FN2S/c23-20-14-8-17(9-15-20)7-11-19-13-12-18(21-22(19)25-26-24-21)10-6-16-4-2-1-3-5-16/h1-5,8-9,12-15H. The third kappa shape index (κ3) is 3.47. The van der Waals surface area contributed by atoms with E-state index in [4.69, 9.17) is 0 Å². The SMILES string of the molecule is Fc1ccc(C#Cc2ccc(C#Cc3ccccc3)c3nsnc23)cc1. The molecular weight excluding hydrogens is 343 g/mol. The van der Waals surface area contributed by atoms with Crippen LogP contribution in [0.3, 0.4) is 0 Å². The number of nitrogens with zero attached hydrogens (tertiary/aromatic N) is 2. The highest BCUT2D eigenvalue weighted by atomic mass is 32.1. The van der Waals surface area contributed by atoms with Gasteiger partial charge in [0, 0.05) is 11.1 Å². The van der Waals surface area contributed by atoms with Crippen LogP contribution in [0.15, 0.2) is 66.7 Å². The molecule has 0 aliphatic carbocycles. The molecule has 0 saturated carbocycles. The van der Waals surface area contributed by atoms with Crippen molar-refractivity contribution in [3.05, 3.63) is 94.8 Å². The number of benzene rings is 3. The van der Waals surface area contributed by atoms with Crippen LogP contribution >= 0.6 is 11.7 Å². The Labute approximate surface area is 154 Å². The van der Waals surface area contributed by atoms with Crippen molar-refractivity contribution in [3.63, 3.8) is 0 Å². The number of aromatic nitrogens is 2. The van der Waals surface area contributed by atoms with Crippen molar-refractivity contribution in [1.82, 2.24) is 8.75 Å². The molecule has 122 valence electrons. The molecule has 0 aliphatic heterocycles. The number of halogens is 1. The van der Waals surface area contributed by atoms with E-state index in [9.17, 15) is 4.39 Å². The van der Waals surface area contributed by atoms with Gasteiger partial charge in [-0.15, -0.1) is 0 Å². The Morgan fingerprint density at radius 1 is 0.615 bits per heavy atom. The lowest BCUT2D eigenvalue weighted by Gasteiger charge is -1.96. The topological polar surface area (TPSA) is 25.8 Å². The molecule has 0 saturated heterocycles. The van der Waals surface area contributed by atoms with Gasteiger partial charge in [0.05, 0.1) is 22.9 Å². The molecule has 0 spiro atoms. The normalized spacial score (nSPS) is 9.88. The van der Waals surface area contributed by atoms with Crippen LogP contribution in [0.5, 0.6) is 0 Å². The smallest absolute Gasteiger partial charge is 0.123 e. The minimum Gasteiger partial charge on any atom is -0.207 e. The minimum absolute atomic E-state index is 0.275. The van der Waals surface area contributed by atoms with Crippen LogP contribution in [0.25, 0.3) is 11.0 Å². The molecule has 0 bridgehead atoms. The van der Waals surface area contributed by atoms with E-state index in [1.165, 1.54) is 12.1 Å². The Morgan fingerprint density at radius 3 is 1.73 bits per heavy atom. The lowest BCUT2D eigenvalue weighted by atomic mass is 10.1. The van der Waals surface area contributed by atoms with E-state index in [0.717, 1.165) is 45.0 Å². The summed E-state index contributed by atoms with van der Waals surface area (Å²) in [6.07, 6.45) is 0. The maximum Gasteiger partial charge on any atom is 0.123 e. The molecule has 3 aromatic carbocycles. The number of hydrogen-bond acceptors (Lipinski definition) is 3. The van der Waals surface area contributed by atoms with Crippen molar-refractivity contribution in [3.8, 4) is 23.7 Å². The summed E-state index contributed by atoms with van der Waals surface area (Å²) in [6, 6.07) is 19.7. The number of fused-ring (bicyclic) bond motifs is 1. The first-order valence-corrected chi connectivity index (χ1v) is 8.62. The maximum atomic E-state index is 13.0. The monoisotopic (exact) mass is 354 g/mol. The van der Waals surface area contributed by atoms with Gasteiger partial charge in [0.25, 0.3) is 0 Å². The molecule has 0 unspecified atom stereocenters. The molecule has 0 fully saturated rings. The van der Waals surface area contributed by atoms with Gasteiger partial charge in [0.15, 0.2) is 0 Å². The highest BCUT2D eigenvalue weighted by Gasteiger charge is 2.07. The number of rotatable bonds is 0. The molecule has 4 aromatic rings. The summed E-state index contributed by atoms with van der Waals surface area (Å²) in [7, 11) is 0. The predicted octanol–water partition coefficient (Wildman–Crippen LogP) is 4.63. The summed E-state index contributed by atoms with van der Waals surface area (Å²) in [5, 5.41) is 0. The third-order valence-electron chi connectivity index (χ3n) is 3.72. The maximum absolute atomic E-state index is 13.0. The Balaban J connectivity index is 1.71. The van der Waals surface area contributed by atoms with E-state index >= 15 is 0 Å². The van der Waals surface area contributed by atoms with E-state index in [1.54, 1.807) is 12.1 Å². The molecule has 26 heavy (non-hydrogen) atoms. The quantitative estimate of drug-likeness (QED) is 0.430. The molecule has 0 amide bonds. The minimum atomic E-state index is -0.275. The summed E-state index contributed by atoms with van der Waals surface area (Å²) in [4.78, 5) is 0. The van der Waals surface area contributed by atoms with E-state index in [0.29, 0.717) is 0 Å². The molecule has 0 N–H and O–H groups in total. The Bertz CT molecular complexity index is 1190. The molecule has 1 heterocycles. The summed E-state index contributed by atoms with van der Waals surface area (Å²) in [5.41, 5.74) is 4.79. The van der Waals surface area contributed by atoms with E-state index in [1.807, 2.05) is 42.5 Å². The van der Waals surface area contributed by atoms with Gasteiger partial charge in [-0.1, -0.05) is 41.9 Å². The molecule has 4 heteroatoms. The highest BCUT2D eigenvalue weighted by molar-refractivity contribution is 7.00. The molecule has 0 aliphatic rings. The van der Waals surface area contributed by atoms with Gasteiger partial charge in [-0.3, -0.25) is 0 Å². The van der Waals surface area contributed by atoms with Crippen LogP contribution < -0.4 is 0 Å². The summed E-state index contributed by atoms with van der Waals surface area (Å²) >= 11 is 1.14. The van der Waals surface area contributed by atoms with Crippen molar-refractivity contribution >= 4 is 22.8 Å². The summed E-state index contributed by atoms with van der Waals surface area (Å²) in [5.74, 6) is 12.2. The largest absolute Gasteiger partial charge is 0.207 e. The molecule has 2 nitrogen and oxygen atoms in total. The fourth-order valence-corrected chi connectivity index (χ4v) is 2.98. The number of hydrogen-bond donors (Lipinski definition) is 0. The summed E-state index contributed by atoms with van der Waals surface area (Å²) < 4.78 is 21.7. The molecule has 1 aromatic heterocycles. The second-order valence-electron chi connectivity index (χ2n) is 5.50. The van der Waals surface area contributed by atoms with Crippen molar-refractivity contribution in [2.24, 2.45) is 0 Å². The first-order chi connectivity index (χ1) is 12.8. The van der Waals surface area contributed by atoms with Crippen molar-refractivity contribution in [2.45, 2.75) is 0 Å². The van der Waals surface area contributed by atoms with E-state index in [-0.39, 0.29) is 5.82 Å². The lowest BCUT2D eigenvalue weighted by Crippen LogP contribution is -1.85. The van der Waals surface area contributed by atoms with Crippen molar-refractivity contribution < 1.29 is 4.39 Å². The fourth-order valence-electron chi connectivity index (χ4n) is 2.40. The predicted molar refractivity (Wildman–Crippen MR) is 102 cm³/mol. The molecule has 0 atom stereocenters. The van der Waals surface area contributed by atoms with Gasteiger partial charge in [0.2, 0.25) is 0 Å². The van der Waals surface area contributed by atoms with Crippen LogP contribution in [0.4, 0.5) is 4.39 Å². The first kappa shape index (κ1) is 16.0. The molecular formula is C22H11FN2S. The average molecular weight is 354 g/mol. The van der Waals surface area contributed by atoms with Crippen LogP contribution in [-0.2, 0) is 0 Å². The second-order valence-corrected chi connectivity index (χ2v) is 6.02. The Hall–Kier alpha value is -3.47. The lowest BCUT2D eigenvalue weighted by molar-refractivity contribution is 0.627. The van der Waals surface area contributed by atoms with Crippen molar-refractivity contribution in [1.29, 1.82) is 0 Å². The van der Waals surface area contributed by atoms with Crippen LogP contribution in [0.2, 0.25) is 0 Å². The van der Waals surface area contributed by atoms with E-state index in [2.05, 4.69) is 32.4 Å². The highest BCUT2D eigenvalue weighted by Crippen LogP contribution is 2.20. The molecule has 4 rings (SSSR count). The third-order valence-corrected chi connectivity index (χ3v) is 4.24. The Kier molecular flexibility index (Phi) is 4.43. The van der Waals surface area contributed by atoms with Crippen LogP contribution in [-0.4, -0.2) is 8.75 Å². The van der Waals surface area contributed by atoms with Gasteiger partial charge >= 0.3 is 0 Å². The van der Waals surface area contributed by atoms with Gasteiger partial charge in [-0.2, -0.15) is 8.75 Å². The zero-order chi connectivity index (χ0) is 17.8. The van der Waals surface area contributed by atoms with Crippen LogP contribution in [0.1, 0.15) is 22.3 Å². The summed E-state index contributed by atoms with van der Waals surface area (Å²) in [6.45, 7) is 0. The zero-order valence-electron chi connectivity index (χ0n) is 13.5.